The minimum Gasteiger partial charge on any atom is -0.390 e. The standard InChI is InChI=1S/C11H16FN2O8P/c1-11(2,22-23(18,19)20)8-6(15)3-7(21-8)14-4-5(12)9(16)13-10(14)17/h4,6-8,15H,3H2,1-2H3,(H,13,16,17)(H2,18,19,20)/t6-,7+,8-/m0/s1. The molecular weight excluding hydrogens is 338 g/mol. The quantitative estimate of drug-likeness (QED) is 0.514. The van der Waals surface area contributed by atoms with Crippen molar-refractivity contribution < 1.29 is 33.1 Å². The van der Waals surface area contributed by atoms with E-state index in [0.717, 1.165) is 4.57 Å². The molecule has 2 heterocycles. The van der Waals surface area contributed by atoms with Crippen molar-refractivity contribution in [2.24, 2.45) is 0 Å². The topological polar surface area (TPSA) is 151 Å². The minimum atomic E-state index is -4.85. The monoisotopic (exact) mass is 354 g/mol. The van der Waals surface area contributed by atoms with E-state index in [1.807, 2.05) is 0 Å². The van der Waals surface area contributed by atoms with Crippen LogP contribution in [0.15, 0.2) is 15.8 Å². The fourth-order valence-corrected chi connectivity index (χ4v) is 3.20. The lowest BCUT2D eigenvalue weighted by atomic mass is 9.97. The van der Waals surface area contributed by atoms with Crippen LogP contribution in [0.3, 0.4) is 0 Å². The molecule has 23 heavy (non-hydrogen) atoms. The zero-order valence-electron chi connectivity index (χ0n) is 12.2. The van der Waals surface area contributed by atoms with Crippen molar-refractivity contribution in [1.82, 2.24) is 9.55 Å². The summed E-state index contributed by atoms with van der Waals surface area (Å²) in [4.78, 5) is 42.3. The SMILES string of the molecule is CC(C)(OP(=O)(O)O)[C@H]1O[C@@H](n2cc(F)c(=O)[nH]c2=O)C[C@@H]1O. The predicted octanol–water partition coefficient (Wildman–Crippen LogP) is -0.788. The summed E-state index contributed by atoms with van der Waals surface area (Å²) in [6.07, 6.45) is -3.08. The highest BCUT2D eigenvalue weighted by Crippen LogP contribution is 2.46. The van der Waals surface area contributed by atoms with Gasteiger partial charge in [0.05, 0.1) is 12.3 Å². The van der Waals surface area contributed by atoms with Crippen LogP contribution in [0, 0.1) is 5.82 Å². The van der Waals surface area contributed by atoms with E-state index in [-0.39, 0.29) is 6.42 Å². The lowest BCUT2D eigenvalue weighted by molar-refractivity contribution is -0.119. The Morgan fingerprint density at radius 3 is 2.65 bits per heavy atom. The van der Waals surface area contributed by atoms with Gasteiger partial charge >= 0.3 is 13.5 Å². The molecule has 1 aromatic heterocycles. The number of halogens is 1. The van der Waals surface area contributed by atoms with Crippen LogP contribution in [0.1, 0.15) is 26.5 Å². The molecular formula is C11H16FN2O8P. The second kappa shape index (κ2) is 5.93. The molecule has 1 aromatic rings. The number of aromatic amines is 1. The molecule has 0 saturated carbocycles. The number of phosphoric acid groups is 1. The Kier molecular flexibility index (Phi) is 4.64. The average Bonchev–Trinajstić information content (AvgIpc) is 2.73. The minimum absolute atomic E-state index is 0.163. The van der Waals surface area contributed by atoms with E-state index >= 15 is 0 Å². The Morgan fingerprint density at radius 2 is 2.09 bits per heavy atom. The summed E-state index contributed by atoms with van der Waals surface area (Å²) in [5.74, 6) is -1.21. The average molecular weight is 354 g/mol. The van der Waals surface area contributed by atoms with Gasteiger partial charge in [0.25, 0.3) is 5.56 Å². The molecule has 0 amide bonds. The summed E-state index contributed by atoms with van der Waals surface area (Å²) in [7, 11) is -4.85. The molecule has 4 N–H and O–H groups in total. The molecule has 3 atom stereocenters. The van der Waals surface area contributed by atoms with Gasteiger partial charge in [0.2, 0.25) is 5.82 Å². The van der Waals surface area contributed by atoms with Crippen molar-refractivity contribution in [2.75, 3.05) is 0 Å². The number of hydrogen-bond donors (Lipinski definition) is 4. The van der Waals surface area contributed by atoms with Crippen LogP contribution in [-0.2, 0) is 13.8 Å². The summed E-state index contributed by atoms with van der Waals surface area (Å²) < 4.78 is 35.0. The lowest BCUT2D eigenvalue weighted by Gasteiger charge is -2.32. The number of aromatic nitrogens is 2. The van der Waals surface area contributed by atoms with Crippen molar-refractivity contribution in [1.29, 1.82) is 0 Å². The maximum absolute atomic E-state index is 13.3. The zero-order valence-corrected chi connectivity index (χ0v) is 13.1. The van der Waals surface area contributed by atoms with Crippen molar-refractivity contribution in [3.63, 3.8) is 0 Å². The Labute approximate surface area is 128 Å². The summed E-state index contributed by atoms with van der Waals surface area (Å²) in [6.45, 7) is 2.58. The highest BCUT2D eigenvalue weighted by Gasteiger charge is 2.48. The normalized spacial score (nSPS) is 25.7. The van der Waals surface area contributed by atoms with E-state index in [1.54, 1.807) is 4.98 Å². The fourth-order valence-electron chi connectivity index (χ4n) is 2.49. The number of aliphatic hydroxyl groups is 1. The number of hydrogen-bond acceptors (Lipinski definition) is 6. The number of nitrogens with one attached hydrogen (secondary N) is 1. The molecule has 2 rings (SSSR count). The Bertz CT molecular complexity index is 753. The van der Waals surface area contributed by atoms with E-state index in [9.17, 15) is 23.7 Å². The molecule has 130 valence electrons. The molecule has 1 saturated heterocycles. The molecule has 1 aliphatic rings. The van der Waals surface area contributed by atoms with Crippen LogP contribution in [0.5, 0.6) is 0 Å². The summed E-state index contributed by atoms with van der Waals surface area (Å²) in [5, 5.41) is 10.0. The molecule has 10 nitrogen and oxygen atoms in total. The van der Waals surface area contributed by atoms with Gasteiger partial charge in [-0.2, -0.15) is 4.39 Å². The summed E-state index contributed by atoms with van der Waals surface area (Å²) in [5.41, 5.74) is -3.72. The maximum Gasteiger partial charge on any atom is 0.470 e. The number of aliphatic hydroxyl groups excluding tert-OH is 1. The van der Waals surface area contributed by atoms with Gasteiger partial charge in [-0.25, -0.2) is 9.36 Å². The number of phosphoric ester groups is 1. The van der Waals surface area contributed by atoms with Crippen molar-refractivity contribution in [3.8, 4) is 0 Å². The third kappa shape index (κ3) is 3.94. The molecule has 0 bridgehead atoms. The molecule has 0 aromatic carbocycles. The van der Waals surface area contributed by atoms with Crippen LogP contribution >= 0.6 is 7.82 Å². The van der Waals surface area contributed by atoms with E-state index in [0.29, 0.717) is 6.20 Å². The molecule has 0 aliphatic carbocycles. The Balaban J connectivity index is 2.28. The highest BCUT2D eigenvalue weighted by atomic mass is 31.2. The third-order valence-electron chi connectivity index (χ3n) is 3.37. The Hall–Kier alpha value is -1.36. The molecule has 12 heteroatoms. The Morgan fingerprint density at radius 1 is 1.48 bits per heavy atom. The number of rotatable bonds is 4. The largest absolute Gasteiger partial charge is 0.470 e. The predicted molar refractivity (Wildman–Crippen MR) is 73.0 cm³/mol. The summed E-state index contributed by atoms with van der Waals surface area (Å²) in [6, 6.07) is 0. The number of H-pyrrole nitrogens is 1. The van der Waals surface area contributed by atoms with E-state index in [2.05, 4.69) is 4.52 Å². The van der Waals surface area contributed by atoms with Crippen LogP contribution in [0.2, 0.25) is 0 Å². The molecule has 0 spiro atoms. The highest BCUT2D eigenvalue weighted by molar-refractivity contribution is 7.46. The second-order valence-corrected chi connectivity index (χ2v) is 6.81. The second-order valence-electron chi connectivity index (χ2n) is 5.64. The number of ether oxygens (including phenoxy) is 1. The fraction of sp³-hybridized carbons (Fsp3) is 0.636. The number of nitrogens with zero attached hydrogens (tertiary/aromatic N) is 1. The maximum atomic E-state index is 13.3. The third-order valence-corrected chi connectivity index (χ3v) is 4.08. The van der Waals surface area contributed by atoms with Gasteiger partial charge in [-0.3, -0.25) is 18.9 Å². The van der Waals surface area contributed by atoms with Gasteiger partial charge in [-0.1, -0.05) is 0 Å². The van der Waals surface area contributed by atoms with Crippen molar-refractivity contribution >= 4 is 7.82 Å². The first-order chi connectivity index (χ1) is 10.4. The summed E-state index contributed by atoms with van der Waals surface area (Å²) >= 11 is 0. The van der Waals surface area contributed by atoms with Crippen molar-refractivity contribution in [3.05, 3.63) is 32.9 Å². The molecule has 0 unspecified atom stereocenters. The van der Waals surface area contributed by atoms with Gasteiger partial charge in [-0.05, 0) is 13.8 Å². The van der Waals surface area contributed by atoms with Crippen LogP contribution in [0.25, 0.3) is 0 Å². The van der Waals surface area contributed by atoms with Gasteiger partial charge in [0, 0.05) is 6.42 Å². The lowest BCUT2D eigenvalue weighted by Crippen LogP contribution is -2.44. The molecule has 1 fully saturated rings. The van der Waals surface area contributed by atoms with Crippen LogP contribution in [-0.4, -0.2) is 42.3 Å². The first-order valence-corrected chi connectivity index (χ1v) is 8.04. The zero-order chi connectivity index (χ0) is 17.6. The first kappa shape index (κ1) is 18.0. The van der Waals surface area contributed by atoms with Crippen LogP contribution in [0.4, 0.5) is 4.39 Å². The van der Waals surface area contributed by atoms with E-state index < -0.39 is 48.9 Å². The van der Waals surface area contributed by atoms with Gasteiger partial charge in [0.1, 0.15) is 17.9 Å². The van der Waals surface area contributed by atoms with E-state index in [1.165, 1.54) is 13.8 Å². The van der Waals surface area contributed by atoms with E-state index in [4.69, 9.17) is 14.5 Å². The molecule has 0 radical (unpaired) electrons. The van der Waals surface area contributed by atoms with Crippen LogP contribution < -0.4 is 11.2 Å². The van der Waals surface area contributed by atoms with Gasteiger partial charge < -0.3 is 19.6 Å². The smallest absolute Gasteiger partial charge is 0.390 e. The van der Waals surface area contributed by atoms with Gasteiger partial charge in [0.15, 0.2) is 0 Å². The molecule has 1 aliphatic heterocycles. The first-order valence-electron chi connectivity index (χ1n) is 6.51. The van der Waals surface area contributed by atoms with Crippen molar-refractivity contribution in [2.45, 2.75) is 44.3 Å². The van der Waals surface area contributed by atoms with Gasteiger partial charge in [-0.15, -0.1) is 0 Å².